The topological polar surface area (TPSA) is 29.9 Å². The second-order valence-corrected chi connectivity index (χ2v) is 4.95. The molecule has 0 saturated carbocycles. The molecule has 2 rings (SSSR count). The van der Waals surface area contributed by atoms with Gasteiger partial charge in [-0.05, 0) is 28.5 Å². The minimum Gasteiger partial charge on any atom is -0.340 e. The van der Waals surface area contributed by atoms with Gasteiger partial charge >= 0.3 is 0 Å². The lowest BCUT2D eigenvalue weighted by molar-refractivity contribution is 0.549. The summed E-state index contributed by atoms with van der Waals surface area (Å²) in [5.74, 6) is -0.242. The van der Waals surface area contributed by atoms with Crippen LogP contribution in [0.25, 0.3) is 0 Å². The summed E-state index contributed by atoms with van der Waals surface area (Å²) < 4.78 is 16.5. The van der Waals surface area contributed by atoms with E-state index < -0.39 is 0 Å². The molecule has 0 aliphatic rings. The Labute approximate surface area is 114 Å². The Hall–Kier alpha value is -1.20. The predicted molar refractivity (Wildman–Crippen MR) is 72.8 cm³/mol. The number of aryl methyl sites for hydroxylation is 1. The molecule has 2 aromatic rings. The quantitative estimate of drug-likeness (QED) is 0.940. The number of imidazole rings is 1. The molecule has 1 aromatic carbocycles. The molecule has 1 heterocycles. The SMILES string of the molecule is CCNC(c1cn(C)cn1)c1cccc(Br)c1F. The first-order chi connectivity index (χ1) is 8.63. The zero-order chi connectivity index (χ0) is 13.1. The molecule has 0 saturated heterocycles. The van der Waals surface area contributed by atoms with Gasteiger partial charge in [-0.2, -0.15) is 0 Å². The van der Waals surface area contributed by atoms with Gasteiger partial charge in [-0.3, -0.25) is 0 Å². The highest BCUT2D eigenvalue weighted by Gasteiger charge is 2.20. The number of aromatic nitrogens is 2. The van der Waals surface area contributed by atoms with E-state index in [9.17, 15) is 4.39 Å². The van der Waals surface area contributed by atoms with E-state index in [1.54, 1.807) is 18.5 Å². The van der Waals surface area contributed by atoms with Crippen LogP contribution in [0, 0.1) is 5.82 Å². The van der Waals surface area contributed by atoms with Gasteiger partial charge in [0.25, 0.3) is 0 Å². The van der Waals surface area contributed by atoms with Crippen molar-refractivity contribution in [2.75, 3.05) is 6.54 Å². The van der Waals surface area contributed by atoms with E-state index in [0.717, 1.165) is 12.2 Å². The van der Waals surface area contributed by atoms with Gasteiger partial charge < -0.3 is 9.88 Å². The maximum Gasteiger partial charge on any atom is 0.142 e. The van der Waals surface area contributed by atoms with Crippen LogP contribution >= 0.6 is 15.9 Å². The van der Waals surface area contributed by atoms with Crippen LogP contribution in [0.15, 0.2) is 35.2 Å². The Morgan fingerprint density at radius 2 is 2.28 bits per heavy atom. The number of halogens is 2. The lowest BCUT2D eigenvalue weighted by atomic mass is 10.0. The van der Waals surface area contributed by atoms with Gasteiger partial charge in [0, 0.05) is 18.8 Å². The van der Waals surface area contributed by atoms with Crippen LogP contribution in [0.3, 0.4) is 0 Å². The van der Waals surface area contributed by atoms with E-state index in [2.05, 4.69) is 26.2 Å². The molecule has 0 spiro atoms. The second kappa shape index (κ2) is 5.63. The zero-order valence-corrected chi connectivity index (χ0v) is 11.9. The normalized spacial score (nSPS) is 12.7. The van der Waals surface area contributed by atoms with Crippen LogP contribution in [-0.4, -0.2) is 16.1 Å². The lowest BCUT2D eigenvalue weighted by Gasteiger charge is -2.17. The van der Waals surface area contributed by atoms with Gasteiger partial charge in [0.1, 0.15) is 5.82 Å². The fraction of sp³-hybridized carbons (Fsp3) is 0.308. The molecule has 0 fully saturated rings. The van der Waals surface area contributed by atoms with Crippen LogP contribution in [-0.2, 0) is 7.05 Å². The fourth-order valence-corrected chi connectivity index (χ4v) is 2.29. The third kappa shape index (κ3) is 2.62. The van der Waals surface area contributed by atoms with Crippen molar-refractivity contribution >= 4 is 15.9 Å². The van der Waals surface area contributed by atoms with Crippen molar-refractivity contribution in [3.8, 4) is 0 Å². The molecule has 1 aromatic heterocycles. The highest BCUT2D eigenvalue weighted by atomic mass is 79.9. The summed E-state index contributed by atoms with van der Waals surface area (Å²) >= 11 is 3.21. The standard InChI is InChI=1S/C13H15BrFN3/c1-3-16-13(11-7-18(2)8-17-11)9-5-4-6-10(14)12(9)15/h4-8,13,16H,3H2,1-2H3. The summed E-state index contributed by atoms with van der Waals surface area (Å²) in [7, 11) is 1.90. The van der Waals surface area contributed by atoms with Crippen molar-refractivity contribution in [3.63, 3.8) is 0 Å². The Morgan fingerprint density at radius 1 is 1.50 bits per heavy atom. The van der Waals surface area contributed by atoms with Crippen molar-refractivity contribution in [2.45, 2.75) is 13.0 Å². The average Bonchev–Trinajstić information content (AvgIpc) is 2.77. The Balaban J connectivity index is 2.44. The first kappa shape index (κ1) is 13.2. The van der Waals surface area contributed by atoms with Gasteiger partial charge in [-0.15, -0.1) is 0 Å². The Bertz CT molecular complexity index is 539. The molecule has 3 nitrogen and oxygen atoms in total. The monoisotopic (exact) mass is 311 g/mol. The second-order valence-electron chi connectivity index (χ2n) is 4.10. The highest BCUT2D eigenvalue weighted by molar-refractivity contribution is 9.10. The average molecular weight is 312 g/mol. The molecular formula is C13H15BrFN3. The van der Waals surface area contributed by atoms with Crippen LogP contribution in [0.4, 0.5) is 4.39 Å². The molecule has 0 aliphatic carbocycles. The molecule has 18 heavy (non-hydrogen) atoms. The van der Waals surface area contributed by atoms with Crippen LogP contribution < -0.4 is 5.32 Å². The number of nitrogens with zero attached hydrogens (tertiary/aromatic N) is 2. The maximum absolute atomic E-state index is 14.1. The molecule has 0 amide bonds. The number of benzene rings is 1. The molecule has 0 radical (unpaired) electrons. The van der Waals surface area contributed by atoms with E-state index in [0.29, 0.717) is 10.0 Å². The van der Waals surface area contributed by atoms with Gasteiger partial charge in [0.2, 0.25) is 0 Å². The Morgan fingerprint density at radius 3 is 2.89 bits per heavy atom. The first-order valence-corrected chi connectivity index (χ1v) is 6.58. The minimum atomic E-state index is -0.242. The molecule has 1 atom stereocenters. The molecule has 0 bridgehead atoms. The first-order valence-electron chi connectivity index (χ1n) is 5.78. The number of nitrogens with one attached hydrogen (secondary N) is 1. The van der Waals surface area contributed by atoms with Crippen LogP contribution in [0.1, 0.15) is 24.2 Å². The number of hydrogen-bond acceptors (Lipinski definition) is 2. The summed E-state index contributed by atoms with van der Waals surface area (Å²) in [4.78, 5) is 4.30. The van der Waals surface area contributed by atoms with Gasteiger partial charge in [-0.1, -0.05) is 19.1 Å². The summed E-state index contributed by atoms with van der Waals surface area (Å²) in [6.07, 6.45) is 3.61. The summed E-state index contributed by atoms with van der Waals surface area (Å²) in [6.45, 7) is 2.74. The van der Waals surface area contributed by atoms with Crippen molar-refractivity contribution in [1.29, 1.82) is 0 Å². The summed E-state index contributed by atoms with van der Waals surface area (Å²) in [5.41, 5.74) is 1.42. The van der Waals surface area contributed by atoms with Gasteiger partial charge in [0.05, 0.1) is 22.5 Å². The minimum absolute atomic E-state index is 0.228. The summed E-state index contributed by atoms with van der Waals surface area (Å²) in [5, 5.41) is 3.26. The van der Waals surface area contributed by atoms with E-state index >= 15 is 0 Å². The molecule has 1 N–H and O–H groups in total. The van der Waals surface area contributed by atoms with Crippen LogP contribution in [0.2, 0.25) is 0 Å². The maximum atomic E-state index is 14.1. The predicted octanol–water partition coefficient (Wildman–Crippen LogP) is 3.02. The molecular weight excluding hydrogens is 297 g/mol. The lowest BCUT2D eigenvalue weighted by Crippen LogP contribution is -2.23. The zero-order valence-electron chi connectivity index (χ0n) is 10.3. The van der Waals surface area contributed by atoms with Gasteiger partial charge in [0.15, 0.2) is 0 Å². The van der Waals surface area contributed by atoms with Crippen molar-refractivity contribution in [2.24, 2.45) is 7.05 Å². The van der Waals surface area contributed by atoms with Crippen LogP contribution in [0.5, 0.6) is 0 Å². The summed E-state index contributed by atoms with van der Waals surface area (Å²) in [6, 6.07) is 5.08. The third-order valence-electron chi connectivity index (χ3n) is 2.72. The Kier molecular flexibility index (Phi) is 4.14. The van der Waals surface area contributed by atoms with Crippen molar-refractivity contribution in [1.82, 2.24) is 14.9 Å². The van der Waals surface area contributed by atoms with E-state index in [1.165, 1.54) is 0 Å². The molecule has 5 heteroatoms. The largest absolute Gasteiger partial charge is 0.340 e. The number of rotatable bonds is 4. The van der Waals surface area contributed by atoms with Crippen molar-refractivity contribution < 1.29 is 4.39 Å². The molecule has 0 aliphatic heterocycles. The smallest absolute Gasteiger partial charge is 0.142 e. The number of hydrogen-bond donors (Lipinski definition) is 1. The van der Waals surface area contributed by atoms with E-state index in [4.69, 9.17) is 0 Å². The van der Waals surface area contributed by atoms with E-state index in [1.807, 2.05) is 30.8 Å². The van der Waals surface area contributed by atoms with E-state index in [-0.39, 0.29) is 11.9 Å². The third-order valence-corrected chi connectivity index (χ3v) is 3.33. The van der Waals surface area contributed by atoms with Crippen molar-refractivity contribution in [3.05, 3.63) is 52.3 Å². The molecule has 96 valence electrons. The highest BCUT2D eigenvalue weighted by Crippen LogP contribution is 2.27. The van der Waals surface area contributed by atoms with Gasteiger partial charge in [-0.25, -0.2) is 9.37 Å². The molecule has 1 unspecified atom stereocenters. The fourth-order valence-electron chi connectivity index (χ4n) is 1.90.